The first kappa shape index (κ1) is 18.0. The molecule has 0 heterocycles. The fourth-order valence-corrected chi connectivity index (χ4v) is 5.37. The highest BCUT2D eigenvalue weighted by atomic mass is 16.5. The normalized spacial score (nSPS) is 23.8. The number of ether oxygens (including phenoxy) is 1. The van der Waals surface area contributed by atoms with E-state index in [4.69, 9.17) is 4.74 Å². The zero-order valence-corrected chi connectivity index (χ0v) is 16.8. The third-order valence-electron chi connectivity index (χ3n) is 6.52. The summed E-state index contributed by atoms with van der Waals surface area (Å²) in [6.45, 7) is 4.82. The van der Waals surface area contributed by atoms with E-state index in [1.54, 1.807) is 0 Å². The van der Waals surface area contributed by atoms with Crippen molar-refractivity contribution in [1.82, 2.24) is 0 Å². The third kappa shape index (κ3) is 2.84. The van der Waals surface area contributed by atoms with Crippen molar-refractivity contribution >= 4 is 11.6 Å². The highest BCUT2D eigenvalue weighted by Gasteiger charge is 2.50. The van der Waals surface area contributed by atoms with Crippen LogP contribution >= 0.6 is 0 Å². The first-order valence-electron chi connectivity index (χ1n) is 10.4. The van der Waals surface area contributed by atoms with Crippen molar-refractivity contribution < 1.29 is 9.53 Å². The van der Waals surface area contributed by atoms with Crippen molar-refractivity contribution in [2.45, 2.75) is 25.7 Å². The van der Waals surface area contributed by atoms with Gasteiger partial charge in [-0.1, -0.05) is 55.5 Å². The first-order valence-corrected chi connectivity index (χ1v) is 10.4. The molecule has 3 nitrogen and oxygen atoms in total. The second kappa shape index (κ2) is 7.07. The summed E-state index contributed by atoms with van der Waals surface area (Å²) in [7, 11) is 0. The van der Waals surface area contributed by atoms with Gasteiger partial charge >= 0.3 is 0 Å². The summed E-state index contributed by atoms with van der Waals surface area (Å²) in [6, 6.07) is 24.9. The van der Waals surface area contributed by atoms with Crippen LogP contribution in [0.15, 0.2) is 72.8 Å². The van der Waals surface area contributed by atoms with Gasteiger partial charge in [-0.3, -0.25) is 4.79 Å². The Balaban J connectivity index is 1.50. The Morgan fingerprint density at radius 1 is 0.828 bits per heavy atom. The molecule has 3 aliphatic rings. The van der Waals surface area contributed by atoms with Gasteiger partial charge in [-0.15, -0.1) is 0 Å². The van der Waals surface area contributed by atoms with Gasteiger partial charge in [0.25, 0.3) is 0 Å². The monoisotopic (exact) mass is 383 g/mol. The molecule has 0 radical (unpaired) electrons. The Kier molecular flexibility index (Phi) is 4.39. The molecule has 146 valence electrons. The number of fused-ring (bicyclic) bond motifs is 1. The number of carbonyl (C=O) groups excluding carboxylic acids is 1. The highest BCUT2D eigenvalue weighted by Crippen LogP contribution is 2.58. The van der Waals surface area contributed by atoms with E-state index in [9.17, 15) is 4.79 Å². The van der Waals surface area contributed by atoms with Gasteiger partial charge in [0.05, 0.1) is 12.5 Å². The van der Waals surface area contributed by atoms with Crippen LogP contribution in [0.25, 0.3) is 0 Å². The van der Waals surface area contributed by atoms with Crippen molar-refractivity contribution in [2.75, 3.05) is 11.9 Å². The Labute approximate surface area is 171 Å². The number of rotatable bonds is 4. The molecule has 0 aliphatic heterocycles. The quantitative estimate of drug-likeness (QED) is 0.640. The average Bonchev–Trinajstić information content (AvgIpc) is 2.75. The van der Waals surface area contributed by atoms with Crippen molar-refractivity contribution in [1.29, 1.82) is 0 Å². The molecule has 3 aliphatic carbocycles. The van der Waals surface area contributed by atoms with Gasteiger partial charge in [0.15, 0.2) is 0 Å². The maximum absolute atomic E-state index is 13.5. The van der Waals surface area contributed by atoms with Crippen molar-refractivity contribution in [2.24, 2.45) is 11.8 Å². The molecule has 3 aromatic carbocycles. The highest BCUT2D eigenvalue weighted by molar-refractivity contribution is 5.94. The molecular formula is C26H25NO2. The molecule has 1 amide bonds. The molecule has 2 unspecified atom stereocenters. The number of benzene rings is 3. The van der Waals surface area contributed by atoms with Crippen molar-refractivity contribution in [3.63, 3.8) is 0 Å². The molecular weight excluding hydrogens is 358 g/mol. The predicted octanol–water partition coefficient (Wildman–Crippen LogP) is 5.57. The predicted molar refractivity (Wildman–Crippen MR) is 115 cm³/mol. The minimum absolute atomic E-state index is 0.0867. The summed E-state index contributed by atoms with van der Waals surface area (Å²) in [4.78, 5) is 13.5. The van der Waals surface area contributed by atoms with E-state index in [-0.39, 0.29) is 29.6 Å². The summed E-state index contributed by atoms with van der Waals surface area (Å²) >= 11 is 0. The van der Waals surface area contributed by atoms with Gasteiger partial charge in [-0.25, -0.2) is 0 Å². The van der Waals surface area contributed by atoms with E-state index < -0.39 is 0 Å². The lowest BCUT2D eigenvalue weighted by Crippen LogP contribution is -2.44. The Bertz CT molecular complexity index is 1010. The molecule has 29 heavy (non-hydrogen) atoms. The number of hydrogen-bond donors (Lipinski definition) is 1. The Morgan fingerprint density at radius 3 is 1.86 bits per heavy atom. The lowest BCUT2D eigenvalue weighted by Gasteiger charge is -2.49. The number of amides is 1. The van der Waals surface area contributed by atoms with Crippen LogP contribution in [0, 0.1) is 11.8 Å². The summed E-state index contributed by atoms with van der Waals surface area (Å²) in [5.41, 5.74) is 6.19. The van der Waals surface area contributed by atoms with E-state index in [2.05, 4.69) is 60.8 Å². The first-order chi connectivity index (χ1) is 14.2. The second-order valence-corrected chi connectivity index (χ2v) is 8.04. The zero-order valence-electron chi connectivity index (χ0n) is 16.8. The molecule has 1 N–H and O–H groups in total. The van der Waals surface area contributed by atoms with Crippen LogP contribution in [0.3, 0.4) is 0 Å². The summed E-state index contributed by atoms with van der Waals surface area (Å²) in [5.74, 6) is 1.44. The molecule has 3 aromatic rings. The van der Waals surface area contributed by atoms with Gasteiger partial charge in [-0.2, -0.15) is 0 Å². The van der Waals surface area contributed by atoms with E-state index in [1.165, 1.54) is 22.3 Å². The van der Waals surface area contributed by atoms with E-state index in [0.29, 0.717) is 6.61 Å². The Hall–Kier alpha value is -3.07. The standard InChI is InChI=1S/C26H25NO2/c1-3-29-18-14-12-17(13-15-18)27-26(28)24-16(2)23-19-8-4-6-10-21(19)25(24)22-11-7-5-9-20(22)23/h4-16,23-25H,3H2,1-2H3,(H,27,28). The maximum atomic E-state index is 13.5. The number of carbonyl (C=O) groups is 1. The number of nitrogens with one attached hydrogen (secondary N) is 1. The average molecular weight is 383 g/mol. The van der Waals surface area contributed by atoms with E-state index in [1.807, 2.05) is 31.2 Å². The molecule has 0 saturated carbocycles. The lowest BCUT2D eigenvalue weighted by molar-refractivity contribution is -0.122. The molecule has 2 atom stereocenters. The molecule has 6 rings (SSSR count). The van der Waals surface area contributed by atoms with Gasteiger partial charge in [0, 0.05) is 17.5 Å². The molecule has 2 bridgehead atoms. The molecule has 3 heteroatoms. The lowest BCUT2D eigenvalue weighted by atomic mass is 9.54. The van der Waals surface area contributed by atoms with Crippen molar-refractivity contribution in [3.05, 3.63) is 95.1 Å². The minimum atomic E-state index is -0.0867. The van der Waals surface area contributed by atoms with Gasteiger partial charge in [0.1, 0.15) is 5.75 Å². The molecule has 0 aromatic heterocycles. The van der Waals surface area contributed by atoms with Crippen LogP contribution in [0.5, 0.6) is 5.75 Å². The third-order valence-corrected chi connectivity index (χ3v) is 6.52. The summed E-state index contributed by atoms with van der Waals surface area (Å²) in [5, 5.41) is 3.16. The minimum Gasteiger partial charge on any atom is -0.494 e. The van der Waals surface area contributed by atoms with E-state index in [0.717, 1.165) is 11.4 Å². The zero-order chi connectivity index (χ0) is 20.0. The van der Waals surface area contributed by atoms with Gasteiger partial charge in [-0.05, 0) is 59.4 Å². The summed E-state index contributed by atoms with van der Waals surface area (Å²) < 4.78 is 5.50. The van der Waals surface area contributed by atoms with E-state index >= 15 is 0 Å². The molecule has 0 spiro atoms. The topological polar surface area (TPSA) is 38.3 Å². The Morgan fingerprint density at radius 2 is 1.34 bits per heavy atom. The van der Waals surface area contributed by atoms with Gasteiger partial charge < -0.3 is 10.1 Å². The molecule has 0 fully saturated rings. The van der Waals surface area contributed by atoms with Crippen LogP contribution in [-0.4, -0.2) is 12.5 Å². The second-order valence-electron chi connectivity index (χ2n) is 8.04. The molecule has 0 saturated heterocycles. The van der Waals surface area contributed by atoms with Crippen LogP contribution in [0.2, 0.25) is 0 Å². The SMILES string of the molecule is CCOc1ccc(NC(=O)C2C3c4ccccc4C(c4ccccc43)C2C)cc1. The van der Waals surface area contributed by atoms with Crippen LogP contribution in [0.4, 0.5) is 5.69 Å². The maximum Gasteiger partial charge on any atom is 0.228 e. The van der Waals surface area contributed by atoms with Crippen LogP contribution < -0.4 is 10.1 Å². The van der Waals surface area contributed by atoms with Gasteiger partial charge in [0.2, 0.25) is 5.91 Å². The fourth-order valence-electron chi connectivity index (χ4n) is 5.37. The smallest absolute Gasteiger partial charge is 0.228 e. The summed E-state index contributed by atoms with van der Waals surface area (Å²) in [6.07, 6.45) is 0. The van der Waals surface area contributed by atoms with Crippen LogP contribution in [-0.2, 0) is 4.79 Å². The number of hydrogen-bond acceptors (Lipinski definition) is 2. The number of anilines is 1. The largest absolute Gasteiger partial charge is 0.494 e. The van der Waals surface area contributed by atoms with Crippen molar-refractivity contribution in [3.8, 4) is 5.75 Å². The van der Waals surface area contributed by atoms with Crippen LogP contribution in [0.1, 0.15) is 47.9 Å². The fraction of sp³-hybridized carbons (Fsp3) is 0.269.